The number of carbonyl (C=O) groups excluding carboxylic acids is 2. The summed E-state index contributed by atoms with van der Waals surface area (Å²) in [6, 6.07) is 6.83. The second-order valence-electron chi connectivity index (χ2n) is 11.0. The van der Waals surface area contributed by atoms with Crippen molar-refractivity contribution in [1.82, 2.24) is 10.2 Å². The zero-order chi connectivity index (χ0) is 25.8. The molecule has 2 aliphatic rings. The summed E-state index contributed by atoms with van der Waals surface area (Å²) in [5.74, 6) is 0.872. The molecule has 36 heavy (non-hydrogen) atoms. The highest BCUT2D eigenvalue weighted by molar-refractivity contribution is 5.81. The van der Waals surface area contributed by atoms with Crippen LogP contribution in [-0.4, -0.2) is 49.8 Å². The molecule has 2 saturated carbocycles. The molecule has 1 N–H and O–H groups in total. The Labute approximate surface area is 219 Å². The topological polar surface area (TPSA) is 52.7 Å². The predicted molar refractivity (Wildman–Crippen MR) is 151 cm³/mol. The van der Waals surface area contributed by atoms with Crippen molar-refractivity contribution in [3.8, 4) is 0 Å². The quantitative estimate of drug-likeness (QED) is 0.305. The van der Waals surface area contributed by atoms with Crippen LogP contribution in [0.4, 0.5) is 5.69 Å². The molecule has 1 aromatic rings. The van der Waals surface area contributed by atoms with Gasteiger partial charge in [-0.25, -0.2) is 0 Å². The lowest BCUT2D eigenvalue weighted by Gasteiger charge is -2.39. The van der Waals surface area contributed by atoms with Crippen molar-refractivity contribution in [2.45, 2.75) is 109 Å². The number of likely N-dealkylation sites (N-methyl/N-ethyl adjacent to an activating group) is 2. The Bertz CT molecular complexity index is 827. The molecule has 0 bridgehead atoms. The van der Waals surface area contributed by atoms with Gasteiger partial charge in [0.15, 0.2) is 0 Å². The molecule has 1 unspecified atom stereocenters. The number of rotatable bonds is 14. The summed E-state index contributed by atoms with van der Waals surface area (Å²) in [5.41, 5.74) is 3.69. The van der Waals surface area contributed by atoms with Gasteiger partial charge in [0, 0.05) is 38.3 Å². The smallest absolute Gasteiger partial charge is 0.237 e. The summed E-state index contributed by atoms with van der Waals surface area (Å²) in [6.45, 7) is 5.87. The Morgan fingerprint density at radius 2 is 1.81 bits per heavy atom. The first kappa shape index (κ1) is 28.4. The molecule has 0 radical (unpaired) electrons. The molecule has 0 spiro atoms. The van der Waals surface area contributed by atoms with Gasteiger partial charge in [-0.05, 0) is 62.3 Å². The molecule has 5 nitrogen and oxygen atoms in total. The molecule has 1 amide bonds. The lowest BCUT2D eigenvalue weighted by atomic mass is 9.86. The molecule has 1 atom stereocenters. The minimum absolute atomic E-state index is 0.0337. The number of anilines is 1. The summed E-state index contributed by atoms with van der Waals surface area (Å²) in [5, 5.41) is 2.79. The Kier molecular flexibility index (Phi) is 12.0. The van der Waals surface area contributed by atoms with E-state index in [2.05, 4.69) is 39.9 Å². The molecule has 0 saturated heterocycles. The number of hydrogen-bond acceptors (Lipinski definition) is 4. The van der Waals surface area contributed by atoms with E-state index in [-0.39, 0.29) is 11.9 Å². The van der Waals surface area contributed by atoms with Crippen LogP contribution in [0.25, 0.3) is 6.08 Å². The van der Waals surface area contributed by atoms with Crippen LogP contribution in [0.15, 0.2) is 24.8 Å². The zero-order valence-electron chi connectivity index (χ0n) is 22.9. The van der Waals surface area contributed by atoms with Crippen molar-refractivity contribution < 1.29 is 9.59 Å². The number of hydrogen-bond donors (Lipinski definition) is 1. The van der Waals surface area contributed by atoms with E-state index in [1.807, 2.05) is 13.1 Å². The molecule has 2 fully saturated rings. The SMILES string of the molecule is C=Cc1cccc(N(CCCC2CCCCC2)C2CCCCC2)c1CN(C)C(CCC=O)C(=O)NC. The van der Waals surface area contributed by atoms with Gasteiger partial charge in [-0.3, -0.25) is 9.69 Å². The van der Waals surface area contributed by atoms with Crippen molar-refractivity contribution in [2.75, 3.05) is 25.5 Å². The van der Waals surface area contributed by atoms with Crippen molar-refractivity contribution in [3.05, 3.63) is 35.9 Å². The predicted octanol–water partition coefficient (Wildman–Crippen LogP) is 6.35. The lowest BCUT2D eigenvalue weighted by molar-refractivity contribution is -0.126. The average Bonchev–Trinajstić information content (AvgIpc) is 2.92. The van der Waals surface area contributed by atoms with Crippen LogP contribution >= 0.6 is 0 Å². The highest BCUT2D eigenvalue weighted by atomic mass is 16.2. The average molecular weight is 496 g/mol. The molecule has 200 valence electrons. The maximum atomic E-state index is 12.7. The molecular formula is C31H49N3O2. The summed E-state index contributed by atoms with van der Waals surface area (Å²) in [4.78, 5) is 28.5. The third kappa shape index (κ3) is 7.93. The van der Waals surface area contributed by atoms with Crippen LogP contribution in [0, 0.1) is 5.92 Å². The van der Waals surface area contributed by atoms with E-state index in [1.165, 1.54) is 88.3 Å². The minimum atomic E-state index is -0.333. The number of amides is 1. The van der Waals surface area contributed by atoms with E-state index in [9.17, 15) is 9.59 Å². The van der Waals surface area contributed by atoms with Gasteiger partial charge >= 0.3 is 0 Å². The fourth-order valence-corrected chi connectivity index (χ4v) is 6.45. The van der Waals surface area contributed by atoms with Crippen LogP contribution < -0.4 is 10.2 Å². The molecule has 1 aromatic carbocycles. The third-order valence-corrected chi connectivity index (χ3v) is 8.52. The van der Waals surface area contributed by atoms with Gasteiger partial charge in [0.25, 0.3) is 0 Å². The summed E-state index contributed by atoms with van der Waals surface area (Å²) in [6.07, 6.45) is 19.9. The van der Waals surface area contributed by atoms with E-state index in [1.54, 1.807) is 7.05 Å². The Morgan fingerprint density at radius 3 is 2.44 bits per heavy atom. The van der Waals surface area contributed by atoms with Gasteiger partial charge in [0.2, 0.25) is 5.91 Å². The Morgan fingerprint density at radius 1 is 1.11 bits per heavy atom. The number of nitrogens with zero attached hydrogens (tertiary/aromatic N) is 2. The lowest BCUT2D eigenvalue weighted by Crippen LogP contribution is -2.44. The van der Waals surface area contributed by atoms with E-state index >= 15 is 0 Å². The van der Waals surface area contributed by atoms with Gasteiger partial charge < -0.3 is 15.0 Å². The van der Waals surface area contributed by atoms with Gasteiger partial charge in [-0.2, -0.15) is 0 Å². The summed E-state index contributed by atoms with van der Waals surface area (Å²) < 4.78 is 0. The number of carbonyl (C=O) groups is 2. The molecule has 2 aliphatic carbocycles. The van der Waals surface area contributed by atoms with Gasteiger partial charge in [-0.1, -0.05) is 76.2 Å². The second kappa shape index (κ2) is 15.2. The van der Waals surface area contributed by atoms with Crippen molar-refractivity contribution >= 4 is 24.0 Å². The van der Waals surface area contributed by atoms with Crippen LogP contribution in [0.2, 0.25) is 0 Å². The van der Waals surface area contributed by atoms with Crippen LogP contribution in [-0.2, 0) is 16.1 Å². The Balaban J connectivity index is 1.85. The largest absolute Gasteiger partial charge is 0.368 e. The summed E-state index contributed by atoms with van der Waals surface area (Å²) >= 11 is 0. The zero-order valence-corrected chi connectivity index (χ0v) is 22.9. The second-order valence-corrected chi connectivity index (χ2v) is 11.0. The molecule has 0 heterocycles. The van der Waals surface area contributed by atoms with Crippen molar-refractivity contribution in [2.24, 2.45) is 5.92 Å². The fraction of sp³-hybridized carbons (Fsp3) is 0.677. The minimum Gasteiger partial charge on any atom is -0.368 e. The molecule has 0 aliphatic heterocycles. The Hall–Kier alpha value is -2.14. The first-order valence-electron chi connectivity index (χ1n) is 14.5. The van der Waals surface area contributed by atoms with Gasteiger partial charge in [-0.15, -0.1) is 0 Å². The van der Waals surface area contributed by atoms with E-state index in [0.29, 0.717) is 25.4 Å². The van der Waals surface area contributed by atoms with Crippen LogP contribution in [0.3, 0.4) is 0 Å². The summed E-state index contributed by atoms with van der Waals surface area (Å²) in [7, 11) is 3.67. The molecule has 0 aromatic heterocycles. The van der Waals surface area contributed by atoms with E-state index < -0.39 is 0 Å². The molecule has 3 rings (SSSR count). The van der Waals surface area contributed by atoms with Crippen LogP contribution in [0.1, 0.15) is 101 Å². The van der Waals surface area contributed by atoms with E-state index in [0.717, 1.165) is 24.3 Å². The molecule has 5 heteroatoms. The highest BCUT2D eigenvalue weighted by Gasteiger charge is 2.27. The maximum Gasteiger partial charge on any atom is 0.237 e. The molecular weight excluding hydrogens is 446 g/mol. The first-order valence-corrected chi connectivity index (χ1v) is 14.5. The van der Waals surface area contributed by atoms with Crippen LogP contribution in [0.5, 0.6) is 0 Å². The monoisotopic (exact) mass is 495 g/mol. The van der Waals surface area contributed by atoms with Crippen molar-refractivity contribution in [1.29, 1.82) is 0 Å². The third-order valence-electron chi connectivity index (χ3n) is 8.52. The standard InChI is InChI=1S/C31H49N3O2/c1-4-26-17-11-20-29(28(26)24-33(3)30(21-13-23-35)31(36)32-2)34(27-18-9-6-10-19-27)22-12-16-25-14-7-5-8-15-25/h4,11,17,20,23,25,27,30H,1,5-10,12-16,18-19,21-22,24H2,2-3H3,(H,32,36). The van der Waals surface area contributed by atoms with Gasteiger partial charge in [0.05, 0.1) is 6.04 Å². The maximum absolute atomic E-state index is 12.7. The normalized spacial score (nSPS) is 18.1. The highest BCUT2D eigenvalue weighted by Crippen LogP contribution is 2.34. The number of benzene rings is 1. The van der Waals surface area contributed by atoms with Crippen molar-refractivity contribution in [3.63, 3.8) is 0 Å². The fourth-order valence-electron chi connectivity index (χ4n) is 6.45. The number of nitrogens with one attached hydrogen (secondary N) is 1. The first-order chi connectivity index (χ1) is 17.6. The van der Waals surface area contributed by atoms with E-state index in [4.69, 9.17) is 0 Å². The number of aldehydes is 1. The van der Waals surface area contributed by atoms with Gasteiger partial charge in [0.1, 0.15) is 6.29 Å².